The van der Waals surface area contributed by atoms with Crippen LogP contribution < -0.4 is 0 Å². The predicted molar refractivity (Wildman–Crippen MR) is 74.3 cm³/mol. The average molecular weight is 248 g/mol. The van der Waals surface area contributed by atoms with Crippen LogP contribution in [0.5, 0.6) is 0 Å². The van der Waals surface area contributed by atoms with Crippen LogP contribution in [0.1, 0.15) is 39.7 Å². The molecule has 1 rings (SSSR count). The highest BCUT2D eigenvalue weighted by Crippen LogP contribution is 2.23. The second-order valence-electron chi connectivity index (χ2n) is 5.13. The standard InChI is InChI=1S/C16H24O2/c1-5-12(2)16(18-14(4)17)13(3)11-15-9-7-6-8-10-15/h6-10,12-13,16H,5,11H2,1-4H3. The van der Waals surface area contributed by atoms with Gasteiger partial charge in [0.25, 0.3) is 0 Å². The summed E-state index contributed by atoms with van der Waals surface area (Å²) in [5.41, 5.74) is 1.30. The van der Waals surface area contributed by atoms with Gasteiger partial charge in [-0.1, -0.05) is 57.5 Å². The van der Waals surface area contributed by atoms with Crippen LogP contribution in [0.2, 0.25) is 0 Å². The second-order valence-corrected chi connectivity index (χ2v) is 5.13. The highest BCUT2D eigenvalue weighted by Gasteiger charge is 2.25. The van der Waals surface area contributed by atoms with Crippen molar-refractivity contribution in [1.29, 1.82) is 0 Å². The molecular weight excluding hydrogens is 224 g/mol. The van der Waals surface area contributed by atoms with Crippen molar-refractivity contribution >= 4 is 5.97 Å². The van der Waals surface area contributed by atoms with Gasteiger partial charge in [-0.3, -0.25) is 4.79 Å². The molecule has 0 aliphatic heterocycles. The lowest BCUT2D eigenvalue weighted by atomic mass is 9.87. The van der Waals surface area contributed by atoms with E-state index in [9.17, 15) is 4.79 Å². The fourth-order valence-electron chi connectivity index (χ4n) is 2.32. The van der Waals surface area contributed by atoms with E-state index < -0.39 is 0 Å². The van der Waals surface area contributed by atoms with E-state index in [0.717, 1.165) is 12.8 Å². The molecule has 0 fully saturated rings. The van der Waals surface area contributed by atoms with Crippen LogP contribution in [0.15, 0.2) is 30.3 Å². The van der Waals surface area contributed by atoms with Gasteiger partial charge in [-0.2, -0.15) is 0 Å². The van der Waals surface area contributed by atoms with Crippen LogP contribution in [-0.2, 0) is 16.0 Å². The maximum Gasteiger partial charge on any atom is 0.302 e. The summed E-state index contributed by atoms with van der Waals surface area (Å²) in [6.45, 7) is 7.93. The van der Waals surface area contributed by atoms with Crippen LogP contribution in [0.4, 0.5) is 0 Å². The lowest BCUT2D eigenvalue weighted by Gasteiger charge is -2.28. The molecule has 0 aliphatic carbocycles. The molecular formula is C16H24O2. The summed E-state index contributed by atoms with van der Waals surface area (Å²) in [7, 11) is 0. The minimum Gasteiger partial charge on any atom is -0.462 e. The molecule has 2 heteroatoms. The molecule has 0 saturated heterocycles. The zero-order valence-corrected chi connectivity index (χ0v) is 11.8. The molecule has 0 N–H and O–H groups in total. The summed E-state index contributed by atoms with van der Waals surface area (Å²) in [6.07, 6.45) is 1.98. The Balaban J connectivity index is 2.69. The largest absolute Gasteiger partial charge is 0.462 e. The summed E-state index contributed by atoms with van der Waals surface area (Å²) >= 11 is 0. The van der Waals surface area contributed by atoms with Gasteiger partial charge in [0, 0.05) is 6.92 Å². The van der Waals surface area contributed by atoms with E-state index in [-0.39, 0.29) is 12.1 Å². The van der Waals surface area contributed by atoms with E-state index in [1.165, 1.54) is 12.5 Å². The molecule has 0 radical (unpaired) electrons. The Kier molecular flexibility index (Phi) is 5.90. The average Bonchev–Trinajstić information content (AvgIpc) is 2.36. The van der Waals surface area contributed by atoms with Crippen LogP contribution in [0, 0.1) is 11.8 Å². The molecule has 0 aliphatic rings. The van der Waals surface area contributed by atoms with Gasteiger partial charge >= 0.3 is 5.97 Å². The molecule has 2 nitrogen and oxygen atoms in total. The number of esters is 1. The van der Waals surface area contributed by atoms with Crippen molar-refractivity contribution in [2.45, 2.75) is 46.6 Å². The van der Waals surface area contributed by atoms with E-state index in [0.29, 0.717) is 11.8 Å². The molecule has 0 spiro atoms. The molecule has 1 aromatic rings. The van der Waals surface area contributed by atoms with Crippen LogP contribution >= 0.6 is 0 Å². The second kappa shape index (κ2) is 7.20. The predicted octanol–water partition coefficient (Wildman–Crippen LogP) is 3.84. The molecule has 100 valence electrons. The lowest BCUT2D eigenvalue weighted by molar-refractivity contribution is -0.152. The Morgan fingerprint density at radius 3 is 2.28 bits per heavy atom. The molecule has 3 atom stereocenters. The van der Waals surface area contributed by atoms with Gasteiger partial charge in [-0.15, -0.1) is 0 Å². The first-order chi connectivity index (χ1) is 8.54. The molecule has 0 heterocycles. The van der Waals surface area contributed by atoms with E-state index >= 15 is 0 Å². The minimum absolute atomic E-state index is 0.00714. The van der Waals surface area contributed by atoms with Crippen LogP contribution in [0.25, 0.3) is 0 Å². The summed E-state index contributed by atoms with van der Waals surface area (Å²) in [5.74, 6) is 0.555. The van der Waals surface area contributed by atoms with Crippen LogP contribution in [0.3, 0.4) is 0 Å². The summed E-state index contributed by atoms with van der Waals surface area (Å²) < 4.78 is 5.50. The summed E-state index contributed by atoms with van der Waals surface area (Å²) in [5, 5.41) is 0. The molecule has 18 heavy (non-hydrogen) atoms. The molecule has 0 saturated carbocycles. The van der Waals surface area contributed by atoms with Crippen molar-refractivity contribution in [2.24, 2.45) is 11.8 Å². The molecule has 1 aromatic carbocycles. The zero-order chi connectivity index (χ0) is 13.5. The van der Waals surface area contributed by atoms with Gasteiger partial charge in [0.2, 0.25) is 0 Å². The molecule has 0 amide bonds. The third-order valence-corrected chi connectivity index (χ3v) is 3.47. The van der Waals surface area contributed by atoms with Crippen molar-refractivity contribution in [3.8, 4) is 0 Å². The fraction of sp³-hybridized carbons (Fsp3) is 0.562. The number of carbonyl (C=O) groups is 1. The maximum atomic E-state index is 11.2. The lowest BCUT2D eigenvalue weighted by Crippen LogP contribution is -2.31. The third kappa shape index (κ3) is 4.52. The molecule has 0 aromatic heterocycles. The quantitative estimate of drug-likeness (QED) is 0.715. The number of carbonyl (C=O) groups excluding carboxylic acids is 1. The van der Waals surface area contributed by atoms with E-state index in [2.05, 4.69) is 32.9 Å². The molecule has 3 unspecified atom stereocenters. The smallest absolute Gasteiger partial charge is 0.302 e. The number of benzene rings is 1. The van der Waals surface area contributed by atoms with Gasteiger partial charge in [0.05, 0.1) is 0 Å². The van der Waals surface area contributed by atoms with Gasteiger partial charge in [0.1, 0.15) is 6.10 Å². The highest BCUT2D eigenvalue weighted by molar-refractivity contribution is 5.66. The highest BCUT2D eigenvalue weighted by atomic mass is 16.5. The van der Waals surface area contributed by atoms with Gasteiger partial charge in [0.15, 0.2) is 0 Å². The topological polar surface area (TPSA) is 26.3 Å². The minimum atomic E-state index is -0.180. The summed E-state index contributed by atoms with van der Waals surface area (Å²) in [6, 6.07) is 10.4. The number of hydrogen-bond donors (Lipinski definition) is 0. The van der Waals surface area contributed by atoms with Crippen molar-refractivity contribution < 1.29 is 9.53 Å². The number of hydrogen-bond acceptors (Lipinski definition) is 2. The first-order valence-corrected chi connectivity index (χ1v) is 6.75. The normalized spacial score (nSPS) is 15.8. The Labute approximate surface area is 110 Å². The first kappa shape index (κ1) is 14.7. The number of rotatable bonds is 6. The van der Waals surface area contributed by atoms with Crippen molar-refractivity contribution in [2.75, 3.05) is 0 Å². The Hall–Kier alpha value is -1.31. The Morgan fingerprint density at radius 1 is 1.17 bits per heavy atom. The van der Waals surface area contributed by atoms with E-state index in [4.69, 9.17) is 4.74 Å². The van der Waals surface area contributed by atoms with Crippen LogP contribution in [-0.4, -0.2) is 12.1 Å². The van der Waals surface area contributed by atoms with Crippen molar-refractivity contribution in [3.05, 3.63) is 35.9 Å². The Bertz CT molecular complexity index is 359. The first-order valence-electron chi connectivity index (χ1n) is 6.75. The zero-order valence-electron chi connectivity index (χ0n) is 11.8. The van der Waals surface area contributed by atoms with E-state index in [1.807, 2.05) is 18.2 Å². The van der Waals surface area contributed by atoms with Gasteiger partial charge in [-0.05, 0) is 23.8 Å². The Morgan fingerprint density at radius 2 is 1.78 bits per heavy atom. The number of ether oxygens (including phenoxy) is 1. The van der Waals surface area contributed by atoms with Crippen molar-refractivity contribution in [3.63, 3.8) is 0 Å². The third-order valence-electron chi connectivity index (χ3n) is 3.47. The monoisotopic (exact) mass is 248 g/mol. The fourth-order valence-corrected chi connectivity index (χ4v) is 2.32. The van der Waals surface area contributed by atoms with E-state index in [1.54, 1.807) is 0 Å². The van der Waals surface area contributed by atoms with Crippen molar-refractivity contribution in [1.82, 2.24) is 0 Å². The maximum absolute atomic E-state index is 11.2. The van der Waals surface area contributed by atoms with Gasteiger partial charge in [-0.25, -0.2) is 0 Å². The SMILES string of the molecule is CCC(C)C(OC(C)=O)C(C)Cc1ccccc1. The van der Waals surface area contributed by atoms with Gasteiger partial charge < -0.3 is 4.74 Å². The molecule has 0 bridgehead atoms. The summed E-state index contributed by atoms with van der Waals surface area (Å²) in [4.78, 5) is 11.2.